The van der Waals surface area contributed by atoms with Crippen LogP contribution < -0.4 is 11.2 Å². The van der Waals surface area contributed by atoms with Crippen molar-refractivity contribution in [2.24, 2.45) is 0 Å². The molecule has 1 amide bonds. The molecule has 1 fully saturated rings. The fourth-order valence-corrected chi connectivity index (χ4v) is 2.70. The molecule has 0 aromatic carbocycles. The normalized spacial score (nSPS) is 17.7. The van der Waals surface area contributed by atoms with Crippen molar-refractivity contribution in [2.75, 3.05) is 13.1 Å². The number of amides is 1. The first kappa shape index (κ1) is 16.1. The van der Waals surface area contributed by atoms with Gasteiger partial charge in [0.25, 0.3) is 11.5 Å². The van der Waals surface area contributed by atoms with Crippen LogP contribution in [0, 0.1) is 0 Å². The minimum absolute atomic E-state index is 0.0671. The van der Waals surface area contributed by atoms with Crippen LogP contribution >= 0.6 is 0 Å². The first-order chi connectivity index (χ1) is 11.6. The fraction of sp³-hybridized carbons (Fsp3) is 0.375. The minimum atomic E-state index is -0.679. The number of ether oxygens (including phenoxy) is 1. The van der Waals surface area contributed by atoms with Gasteiger partial charge < -0.3 is 14.6 Å². The van der Waals surface area contributed by atoms with E-state index in [-0.39, 0.29) is 11.7 Å². The third-order valence-corrected chi connectivity index (χ3v) is 3.92. The van der Waals surface area contributed by atoms with E-state index in [9.17, 15) is 14.4 Å². The molecule has 0 saturated carbocycles. The predicted molar refractivity (Wildman–Crippen MR) is 85.6 cm³/mol. The van der Waals surface area contributed by atoms with E-state index in [0.29, 0.717) is 19.7 Å². The van der Waals surface area contributed by atoms with E-state index in [1.807, 2.05) is 12.1 Å². The van der Waals surface area contributed by atoms with Crippen LogP contribution in [-0.2, 0) is 11.3 Å². The third-order valence-electron chi connectivity index (χ3n) is 3.92. The number of carbonyl (C=O) groups is 1. The average molecular weight is 330 g/mol. The van der Waals surface area contributed by atoms with E-state index in [0.717, 1.165) is 24.6 Å². The van der Waals surface area contributed by atoms with Crippen molar-refractivity contribution in [3.05, 3.63) is 62.7 Å². The van der Waals surface area contributed by atoms with Crippen molar-refractivity contribution in [1.29, 1.82) is 0 Å². The second-order valence-corrected chi connectivity index (χ2v) is 5.67. The van der Waals surface area contributed by atoms with E-state index >= 15 is 0 Å². The summed E-state index contributed by atoms with van der Waals surface area (Å²) in [6, 6.07) is 3.77. The van der Waals surface area contributed by atoms with Crippen molar-refractivity contribution in [3.8, 4) is 0 Å². The fourth-order valence-electron chi connectivity index (χ4n) is 2.70. The summed E-state index contributed by atoms with van der Waals surface area (Å²) >= 11 is 0. The number of rotatable bonds is 4. The van der Waals surface area contributed by atoms with Crippen LogP contribution in [0.4, 0.5) is 0 Å². The van der Waals surface area contributed by atoms with E-state index in [2.05, 4.69) is 15.0 Å². The highest BCUT2D eigenvalue weighted by molar-refractivity contribution is 5.93. The lowest BCUT2D eigenvalue weighted by molar-refractivity contribution is -0.00688. The summed E-state index contributed by atoms with van der Waals surface area (Å²) in [6.07, 6.45) is 6.16. The number of aromatic amines is 2. The summed E-state index contributed by atoms with van der Waals surface area (Å²) in [5, 5.41) is 0. The monoisotopic (exact) mass is 330 g/mol. The molecule has 2 aromatic heterocycles. The Kier molecular flexibility index (Phi) is 4.85. The maximum atomic E-state index is 12.5. The molecule has 1 aliphatic heterocycles. The maximum absolute atomic E-state index is 12.5. The quantitative estimate of drug-likeness (QED) is 0.837. The number of hydrogen-bond donors (Lipinski definition) is 2. The Morgan fingerprint density at radius 2 is 2.29 bits per heavy atom. The molecule has 0 unspecified atom stereocenters. The zero-order chi connectivity index (χ0) is 16.9. The lowest BCUT2D eigenvalue weighted by atomic mass is 10.1. The van der Waals surface area contributed by atoms with Crippen molar-refractivity contribution < 1.29 is 9.53 Å². The van der Waals surface area contributed by atoms with Gasteiger partial charge in [-0.25, -0.2) is 4.79 Å². The summed E-state index contributed by atoms with van der Waals surface area (Å²) < 4.78 is 5.86. The summed E-state index contributed by atoms with van der Waals surface area (Å²) in [7, 11) is 0. The Bertz CT molecular complexity index is 815. The average Bonchev–Trinajstić information content (AvgIpc) is 2.61. The van der Waals surface area contributed by atoms with Gasteiger partial charge in [0.15, 0.2) is 0 Å². The highest BCUT2D eigenvalue weighted by atomic mass is 16.5. The zero-order valence-electron chi connectivity index (χ0n) is 13.0. The molecule has 0 radical (unpaired) electrons. The largest absolute Gasteiger partial charge is 0.372 e. The molecule has 0 spiro atoms. The van der Waals surface area contributed by atoms with Gasteiger partial charge in [-0.15, -0.1) is 0 Å². The minimum Gasteiger partial charge on any atom is -0.372 e. The molecule has 24 heavy (non-hydrogen) atoms. The SMILES string of the molecule is O=C(c1c[nH]c(=O)[nH]c1=O)N1CCC[C@@H](OCc2cccnc2)C1. The molecule has 3 rings (SSSR count). The summed E-state index contributed by atoms with van der Waals surface area (Å²) in [4.78, 5) is 45.3. The number of aromatic nitrogens is 3. The molecule has 3 heterocycles. The van der Waals surface area contributed by atoms with Gasteiger partial charge in [-0.05, 0) is 24.5 Å². The molecule has 1 aliphatic rings. The molecular formula is C16H18N4O4. The lowest BCUT2D eigenvalue weighted by Gasteiger charge is -2.32. The molecular weight excluding hydrogens is 312 g/mol. The second kappa shape index (κ2) is 7.22. The molecule has 0 aliphatic carbocycles. The smallest absolute Gasteiger partial charge is 0.325 e. The number of piperidine rings is 1. The summed E-state index contributed by atoms with van der Waals surface area (Å²) in [5.74, 6) is -0.401. The molecule has 126 valence electrons. The van der Waals surface area contributed by atoms with Gasteiger partial charge >= 0.3 is 5.69 Å². The Hall–Kier alpha value is -2.74. The van der Waals surface area contributed by atoms with Crippen molar-refractivity contribution in [2.45, 2.75) is 25.6 Å². The van der Waals surface area contributed by atoms with Gasteiger partial charge in [0, 0.05) is 31.7 Å². The van der Waals surface area contributed by atoms with E-state index < -0.39 is 17.2 Å². The number of likely N-dealkylation sites (tertiary alicyclic amines) is 1. The van der Waals surface area contributed by atoms with Crippen molar-refractivity contribution in [3.63, 3.8) is 0 Å². The van der Waals surface area contributed by atoms with Crippen LogP contribution in [0.5, 0.6) is 0 Å². The van der Waals surface area contributed by atoms with E-state index in [4.69, 9.17) is 4.74 Å². The molecule has 8 nitrogen and oxygen atoms in total. The molecule has 1 saturated heterocycles. The van der Waals surface area contributed by atoms with Gasteiger partial charge in [0.1, 0.15) is 5.56 Å². The summed E-state index contributed by atoms with van der Waals surface area (Å²) in [6.45, 7) is 1.40. The van der Waals surface area contributed by atoms with Gasteiger partial charge in [-0.1, -0.05) is 6.07 Å². The van der Waals surface area contributed by atoms with E-state index in [1.165, 1.54) is 0 Å². The lowest BCUT2D eigenvalue weighted by Crippen LogP contribution is -2.45. The highest BCUT2D eigenvalue weighted by Gasteiger charge is 2.26. The van der Waals surface area contributed by atoms with Crippen LogP contribution in [0.15, 0.2) is 40.3 Å². The molecule has 8 heteroatoms. The van der Waals surface area contributed by atoms with E-state index in [1.54, 1.807) is 17.3 Å². The number of carbonyl (C=O) groups excluding carboxylic acids is 1. The Balaban J connectivity index is 1.63. The predicted octanol–water partition coefficient (Wildman–Crippen LogP) is 0.280. The molecule has 2 aromatic rings. The Morgan fingerprint density at radius 3 is 3.04 bits per heavy atom. The van der Waals surface area contributed by atoms with Gasteiger partial charge in [0.05, 0.1) is 12.7 Å². The number of nitrogens with zero attached hydrogens (tertiary/aromatic N) is 2. The molecule has 2 N–H and O–H groups in total. The van der Waals surface area contributed by atoms with Crippen LogP contribution in [0.25, 0.3) is 0 Å². The standard InChI is InChI=1S/C16H18N4O4/c21-14-13(8-18-16(23)19-14)15(22)20-6-2-4-12(9-20)24-10-11-3-1-5-17-7-11/h1,3,5,7-8,12H,2,4,6,9-10H2,(H2,18,19,21,23)/t12-/m1/s1. The van der Waals surface area contributed by atoms with Crippen molar-refractivity contribution >= 4 is 5.91 Å². The third kappa shape index (κ3) is 3.77. The number of nitrogens with one attached hydrogen (secondary N) is 2. The molecule has 1 atom stereocenters. The number of pyridine rings is 1. The van der Waals surface area contributed by atoms with Crippen LogP contribution in [-0.4, -0.2) is 45.0 Å². The second-order valence-electron chi connectivity index (χ2n) is 5.67. The van der Waals surface area contributed by atoms with Crippen LogP contribution in [0.3, 0.4) is 0 Å². The van der Waals surface area contributed by atoms with Crippen molar-refractivity contribution in [1.82, 2.24) is 19.9 Å². The Morgan fingerprint density at radius 1 is 1.42 bits per heavy atom. The van der Waals surface area contributed by atoms with Gasteiger partial charge in [-0.3, -0.25) is 19.6 Å². The highest BCUT2D eigenvalue weighted by Crippen LogP contribution is 2.16. The van der Waals surface area contributed by atoms with Gasteiger partial charge in [-0.2, -0.15) is 0 Å². The number of H-pyrrole nitrogens is 2. The summed E-state index contributed by atoms with van der Waals surface area (Å²) in [5.41, 5.74) is -0.407. The zero-order valence-corrected chi connectivity index (χ0v) is 13.0. The topological polar surface area (TPSA) is 108 Å². The number of hydrogen-bond acceptors (Lipinski definition) is 5. The molecule has 0 bridgehead atoms. The van der Waals surface area contributed by atoms with Crippen LogP contribution in [0.1, 0.15) is 28.8 Å². The first-order valence-electron chi connectivity index (χ1n) is 7.75. The Labute approximate surface area is 137 Å². The maximum Gasteiger partial charge on any atom is 0.325 e. The van der Waals surface area contributed by atoms with Crippen LogP contribution in [0.2, 0.25) is 0 Å². The van der Waals surface area contributed by atoms with Gasteiger partial charge in [0.2, 0.25) is 0 Å². The first-order valence-corrected chi connectivity index (χ1v) is 7.75.